The molecule has 1 aliphatic carbocycles. The van der Waals surface area contributed by atoms with Gasteiger partial charge in [-0.25, -0.2) is 0 Å². The van der Waals surface area contributed by atoms with E-state index < -0.39 is 6.29 Å². The summed E-state index contributed by atoms with van der Waals surface area (Å²) in [7, 11) is 0. The summed E-state index contributed by atoms with van der Waals surface area (Å²) in [6.45, 7) is 4.15. The summed E-state index contributed by atoms with van der Waals surface area (Å²) in [4.78, 5) is 10.5. The molecule has 0 aromatic rings. The van der Waals surface area contributed by atoms with Gasteiger partial charge in [0.25, 0.3) is 0 Å². The average Bonchev–Trinajstić information content (AvgIpc) is 2.28. The van der Waals surface area contributed by atoms with E-state index in [1.165, 1.54) is 5.57 Å². The molecular formula is C16H26O3. The van der Waals surface area contributed by atoms with Crippen LogP contribution in [0.25, 0.3) is 0 Å². The van der Waals surface area contributed by atoms with Crippen molar-refractivity contribution in [3.8, 4) is 0 Å². The van der Waals surface area contributed by atoms with Crippen molar-refractivity contribution in [1.82, 2.24) is 0 Å². The first-order chi connectivity index (χ1) is 9.01. The number of carbonyl (C=O) groups excluding carboxylic acids is 1. The van der Waals surface area contributed by atoms with Crippen LogP contribution in [0.15, 0.2) is 23.8 Å². The minimum atomic E-state index is -1.20. The quantitative estimate of drug-likeness (QED) is 0.524. The zero-order valence-corrected chi connectivity index (χ0v) is 12.0. The summed E-state index contributed by atoms with van der Waals surface area (Å²) in [5.41, 5.74) is 1.31. The molecule has 0 bridgehead atoms. The Hall–Kier alpha value is -0.930. The summed E-state index contributed by atoms with van der Waals surface area (Å²) in [5.74, 6) is 1.18. The second-order valence-corrected chi connectivity index (χ2v) is 5.91. The molecule has 19 heavy (non-hydrogen) atoms. The third-order valence-electron chi connectivity index (χ3n) is 3.62. The second-order valence-electron chi connectivity index (χ2n) is 5.91. The molecule has 0 aromatic heterocycles. The van der Waals surface area contributed by atoms with Crippen molar-refractivity contribution in [1.29, 1.82) is 0 Å². The van der Waals surface area contributed by atoms with E-state index in [-0.39, 0.29) is 0 Å². The number of carbonyl (C=O) groups is 1. The standard InChI is InChI=1S/C16H26O3/c1-12(6-7-17)8-14-4-3-5-15(11-14)9-13(2)10-16(18)19/h3-4,7,11-13,15-16,18-19H,5-6,8-10H2,1-2H3. The number of rotatable bonds is 8. The van der Waals surface area contributed by atoms with Gasteiger partial charge in [0, 0.05) is 12.8 Å². The monoisotopic (exact) mass is 266 g/mol. The highest BCUT2D eigenvalue weighted by atomic mass is 16.5. The van der Waals surface area contributed by atoms with Crippen molar-refractivity contribution in [3.05, 3.63) is 23.8 Å². The first-order valence-corrected chi connectivity index (χ1v) is 7.18. The van der Waals surface area contributed by atoms with Crippen LogP contribution >= 0.6 is 0 Å². The molecule has 2 N–H and O–H groups in total. The molecule has 3 nitrogen and oxygen atoms in total. The first-order valence-electron chi connectivity index (χ1n) is 7.18. The van der Waals surface area contributed by atoms with E-state index in [2.05, 4.69) is 32.1 Å². The molecule has 3 heteroatoms. The molecular weight excluding hydrogens is 240 g/mol. The van der Waals surface area contributed by atoms with Crippen LogP contribution in [0.2, 0.25) is 0 Å². The van der Waals surface area contributed by atoms with E-state index in [1.54, 1.807) is 0 Å². The van der Waals surface area contributed by atoms with Gasteiger partial charge in [-0.1, -0.05) is 37.6 Å². The van der Waals surface area contributed by atoms with Crippen LogP contribution in [0.1, 0.15) is 46.0 Å². The Morgan fingerprint density at radius 2 is 2.11 bits per heavy atom. The van der Waals surface area contributed by atoms with Gasteiger partial charge in [-0.3, -0.25) is 0 Å². The Morgan fingerprint density at radius 1 is 1.37 bits per heavy atom. The SMILES string of the molecule is CC(CC=O)CC1=CC(CC(C)CC(O)O)CC=C1. The molecule has 3 unspecified atom stereocenters. The van der Waals surface area contributed by atoms with Crippen LogP contribution in [0, 0.1) is 17.8 Å². The van der Waals surface area contributed by atoms with Gasteiger partial charge in [0.15, 0.2) is 6.29 Å². The summed E-state index contributed by atoms with van der Waals surface area (Å²) in [6, 6.07) is 0. The molecule has 0 heterocycles. The van der Waals surface area contributed by atoms with Gasteiger partial charge in [0.1, 0.15) is 6.29 Å². The fourth-order valence-electron chi connectivity index (χ4n) is 2.74. The van der Waals surface area contributed by atoms with Gasteiger partial charge in [-0.05, 0) is 37.0 Å². The number of allylic oxidation sites excluding steroid dienone is 4. The van der Waals surface area contributed by atoms with Gasteiger partial charge >= 0.3 is 0 Å². The number of hydrogen-bond acceptors (Lipinski definition) is 3. The minimum Gasteiger partial charge on any atom is -0.368 e. The topological polar surface area (TPSA) is 57.5 Å². The maximum atomic E-state index is 10.5. The third kappa shape index (κ3) is 6.69. The van der Waals surface area contributed by atoms with Crippen LogP contribution < -0.4 is 0 Å². The zero-order valence-electron chi connectivity index (χ0n) is 12.0. The maximum absolute atomic E-state index is 10.5. The van der Waals surface area contributed by atoms with Crippen LogP contribution in [-0.4, -0.2) is 22.8 Å². The Labute approximate surface area is 116 Å². The van der Waals surface area contributed by atoms with Gasteiger partial charge < -0.3 is 15.0 Å². The Bertz CT molecular complexity index is 331. The van der Waals surface area contributed by atoms with E-state index in [0.717, 1.165) is 25.5 Å². The fourth-order valence-corrected chi connectivity index (χ4v) is 2.74. The summed E-state index contributed by atoms with van der Waals surface area (Å²) in [5, 5.41) is 18.0. The van der Waals surface area contributed by atoms with Gasteiger partial charge in [-0.2, -0.15) is 0 Å². The normalized spacial score (nSPS) is 22.2. The van der Waals surface area contributed by atoms with Crippen LogP contribution in [0.5, 0.6) is 0 Å². The smallest absolute Gasteiger partial charge is 0.151 e. The van der Waals surface area contributed by atoms with Crippen molar-refractivity contribution in [2.75, 3.05) is 0 Å². The highest BCUT2D eigenvalue weighted by Crippen LogP contribution is 2.28. The van der Waals surface area contributed by atoms with Crippen molar-refractivity contribution in [2.24, 2.45) is 17.8 Å². The Morgan fingerprint density at radius 3 is 2.74 bits per heavy atom. The number of aldehydes is 1. The summed E-state index contributed by atoms with van der Waals surface area (Å²) in [6.07, 6.45) is 10.4. The summed E-state index contributed by atoms with van der Waals surface area (Å²) >= 11 is 0. The van der Waals surface area contributed by atoms with Gasteiger partial charge in [0.2, 0.25) is 0 Å². The van der Waals surface area contributed by atoms with Crippen LogP contribution in [0.3, 0.4) is 0 Å². The fraction of sp³-hybridized carbons (Fsp3) is 0.688. The van der Waals surface area contributed by atoms with Gasteiger partial charge in [-0.15, -0.1) is 0 Å². The molecule has 1 aliphatic rings. The number of hydrogen-bond donors (Lipinski definition) is 2. The molecule has 0 aliphatic heterocycles. The molecule has 0 saturated carbocycles. The number of aliphatic hydroxyl groups is 2. The molecule has 0 radical (unpaired) electrons. The highest BCUT2D eigenvalue weighted by molar-refractivity contribution is 5.49. The molecule has 0 aromatic carbocycles. The largest absolute Gasteiger partial charge is 0.368 e. The highest BCUT2D eigenvalue weighted by Gasteiger charge is 2.16. The van der Waals surface area contributed by atoms with E-state index >= 15 is 0 Å². The lowest BCUT2D eigenvalue weighted by Crippen LogP contribution is -2.14. The lowest BCUT2D eigenvalue weighted by atomic mass is 9.85. The lowest BCUT2D eigenvalue weighted by Gasteiger charge is -2.22. The van der Waals surface area contributed by atoms with E-state index in [4.69, 9.17) is 10.2 Å². The minimum absolute atomic E-state index is 0.307. The molecule has 0 spiro atoms. The molecule has 108 valence electrons. The van der Waals surface area contributed by atoms with Crippen molar-refractivity contribution >= 4 is 6.29 Å². The number of aliphatic hydroxyl groups excluding tert-OH is 1. The molecule has 0 saturated heterocycles. The Kier molecular flexibility index (Phi) is 7.03. The molecule has 3 atom stereocenters. The maximum Gasteiger partial charge on any atom is 0.151 e. The van der Waals surface area contributed by atoms with E-state index in [1.807, 2.05) is 0 Å². The zero-order chi connectivity index (χ0) is 14.3. The predicted molar refractivity (Wildman–Crippen MR) is 76.4 cm³/mol. The van der Waals surface area contributed by atoms with Crippen molar-refractivity contribution in [2.45, 2.75) is 52.2 Å². The second kappa shape index (κ2) is 8.28. The molecule has 0 fully saturated rings. The van der Waals surface area contributed by atoms with Crippen LogP contribution in [-0.2, 0) is 4.79 Å². The van der Waals surface area contributed by atoms with Gasteiger partial charge in [0.05, 0.1) is 0 Å². The summed E-state index contributed by atoms with van der Waals surface area (Å²) < 4.78 is 0. The van der Waals surface area contributed by atoms with E-state index in [0.29, 0.717) is 30.6 Å². The molecule has 1 rings (SSSR count). The van der Waals surface area contributed by atoms with Crippen molar-refractivity contribution in [3.63, 3.8) is 0 Å². The third-order valence-corrected chi connectivity index (χ3v) is 3.62. The Balaban J connectivity index is 2.46. The van der Waals surface area contributed by atoms with E-state index in [9.17, 15) is 4.79 Å². The average molecular weight is 266 g/mol. The lowest BCUT2D eigenvalue weighted by molar-refractivity contribution is -0.108. The van der Waals surface area contributed by atoms with Crippen LogP contribution in [0.4, 0.5) is 0 Å². The predicted octanol–water partition coefficient (Wildman–Crippen LogP) is 2.83. The van der Waals surface area contributed by atoms with Crippen molar-refractivity contribution < 1.29 is 15.0 Å². The first kappa shape index (κ1) is 16.1. The molecule has 0 amide bonds.